The molecule has 0 radical (unpaired) electrons. The molecule has 2 aliphatic carbocycles. The van der Waals surface area contributed by atoms with E-state index in [1.807, 2.05) is 0 Å². The van der Waals surface area contributed by atoms with Crippen molar-refractivity contribution in [1.29, 1.82) is 0 Å². The monoisotopic (exact) mass is 981 g/mol. The van der Waals surface area contributed by atoms with E-state index in [1.165, 1.54) is 61.2 Å². The fraction of sp³-hybridized carbons (Fsp3) is 0.0270. The molecule has 360 valence electrons. The summed E-state index contributed by atoms with van der Waals surface area (Å²) in [6, 6.07) is 104. The normalized spacial score (nSPS) is 13.9. The zero-order valence-corrected chi connectivity index (χ0v) is 41.9. The zero-order chi connectivity index (χ0) is 50.7. The highest BCUT2D eigenvalue weighted by molar-refractivity contribution is 5.99. The summed E-state index contributed by atoms with van der Waals surface area (Å²) in [5, 5.41) is 0. The van der Waals surface area contributed by atoms with Crippen LogP contribution >= 0.6 is 0 Å². The maximum absolute atomic E-state index is 6.64. The minimum absolute atomic E-state index is 0.535. The molecule has 12 aromatic carbocycles. The van der Waals surface area contributed by atoms with Gasteiger partial charge in [0.25, 0.3) is 0 Å². The molecule has 77 heavy (non-hydrogen) atoms. The molecule has 3 heteroatoms. The van der Waals surface area contributed by atoms with Crippen molar-refractivity contribution < 1.29 is 9.47 Å². The molecule has 0 fully saturated rings. The third-order valence-electron chi connectivity index (χ3n) is 16.8. The Labute approximate surface area is 448 Å². The second kappa shape index (κ2) is 16.8. The van der Waals surface area contributed by atoms with Gasteiger partial charge in [-0.05, 0) is 139 Å². The third-order valence-corrected chi connectivity index (χ3v) is 16.8. The topological polar surface area (TPSA) is 21.7 Å². The molecule has 0 saturated heterocycles. The van der Waals surface area contributed by atoms with Gasteiger partial charge in [-0.25, -0.2) is 0 Å². The Morgan fingerprint density at radius 1 is 0.221 bits per heavy atom. The van der Waals surface area contributed by atoms with Crippen molar-refractivity contribution in [3.8, 4) is 78.6 Å². The van der Waals surface area contributed by atoms with Crippen LogP contribution < -0.4 is 14.4 Å². The van der Waals surface area contributed by atoms with Gasteiger partial charge in [0, 0.05) is 39.3 Å². The summed E-state index contributed by atoms with van der Waals surface area (Å²) in [5.74, 6) is 3.58. The number of para-hydroxylation sites is 4. The summed E-state index contributed by atoms with van der Waals surface area (Å²) in [4.78, 5) is 2.39. The van der Waals surface area contributed by atoms with Crippen molar-refractivity contribution in [1.82, 2.24) is 0 Å². The highest BCUT2D eigenvalue weighted by Gasteiger charge is 2.53. The first-order valence-corrected chi connectivity index (χ1v) is 26.6. The summed E-state index contributed by atoms with van der Waals surface area (Å²) in [7, 11) is 0. The number of anilines is 3. The predicted octanol–water partition coefficient (Wildman–Crippen LogP) is 19.1. The molecule has 2 aliphatic heterocycles. The molecule has 0 aromatic heterocycles. The van der Waals surface area contributed by atoms with Crippen molar-refractivity contribution in [3.63, 3.8) is 0 Å². The van der Waals surface area contributed by atoms with Gasteiger partial charge in [0.1, 0.15) is 23.0 Å². The first-order chi connectivity index (χ1) is 38.2. The van der Waals surface area contributed by atoms with Gasteiger partial charge in [0.05, 0.1) is 10.8 Å². The van der Waals surface area contributed by atoms with Crippen LogP contribution in [-0.4, -0.2) is 0 Å². The number of nitrogens with zero attached hydrogens (tertiary/aromatic N) is 1. The first-order valence-electron chi connectivity index (χ1n) is 26.6. The van der Waals surface area contributed by atoms with Crippen LogP contribution in [0.4, 0.5) is 17.1 Å². The van der Waals surface area contributed by atoms with E-state index in [4.69, 9.17) is 9.47 Å². The Morgan fingerprint density at radius 3 is 1.00 bits per heavy atom. The van der Waals surface area contributed by atoms with Crippen molar-refractivity contribution in [2.45, 2.75) is 10.8 Å². The minimum atomic E-state index is -0.535. The van der Waals surface area contributed by atoms with Crippen LogP contribution in [-0.2, 0) is 10.8 Å². The van der Waals surface area contributed by atoms with Gasteiger partial charge >= 0.3 is 0 Å². The van der Waals surface area contributed by atoms with Crippen LogP contribution in [0.15, 0.2) is 285 Å². The number of hydrogen-bond acceptors (Lipinski definition) is 3. The summed E-state index contributed by atoms with van der Waals surface area (Å²) in [5.41, 5.74) is 24.0. The van der Waals surface area contributed by atoms with E-state index in [2.05, 4.69) is 290 Å². The van der Waals surface area contributed by atoms with Crippen LogP contribution in [0.5, 0.6) is 23.0 Å². The van der Waals surface area contributed by atoms with Crippen molar-refractivity contribution in [2.75, 3.05) is 4.90 Å². The van der Waals surface area contributed by atoms with Crippen LogP contribution in [0.25, 0.3) is 55.6 Å². The Hall–Kier alpha value is -9.96. The van der Waals surface area contributed by atoms with Crippen LogP contribution in [0, 0.1) is 0 Å². The lowest BCUT2D eigenvalue weighted by atomic mass is 9.66. The van der Waals surface area contributed by atoms with Crippen molar-refractivity contribution >= 4 is 17.1 Å². The van der Waals surface area contributed by atoms with Gasteiger partial charge in [0.2, 0.25) is 0 Å². The van der Waals surface area contributed by atoms with Crippen molar-refractivity contribution in [2.24, 2.45) is 0 Å². The summed E-state index contributed by atoms with van der Waals surface area (Å²) >= 11 is 0. The van der Waals surface area contributed by atoms with Gasteiger partial charge in [-0.3, -0.25) is 0 Å². The smallest absolute Gasteiger partial charge is 0.132 e. The summed E-state index contributed by atoms with van der Waals surface area (Å²) in [6.07, 6.45) is 0. The lowest BCUT2D eigenvalue weighted by Crippen LogP contribution is -2.32. The van der Waals surface area contributed by atoms with Gasteiger partial charge < -0.3 is 14.4 Å². The molecule has 0 amide bonds. The highest BCUT2D eigenvalue weighted by Crippen LogP contribution is 2.65. The van der Waals surface area contributed by atoms with E-state index < -0.39 is 10.8 Å². The van der Waals surface area contributed by atoms with E-state index >= 15 is 0 Å². The minimum Gasteiger partial charge on any atom is -0.457 e. The molecule has 0 atom stereocenters. The van der Waals surface area contributed by atoms with Gasteiger partial charge in [-0.15, -0.1) is 0 Å². The maximum Gasteiger partial charge on any atom is 0.132 e. The quantitative estimate of drug-likeness (QED) is 0.166. The second-order valence-electron chi connectivity index (χ2n) is 20.6. The Bertz CT molecular complexity index is 4010. The lowest BCUT2D eigenvalue weighted by Gasteiger charge is -2.39. The Balaban J connectivity index is 0.831. The molecular formula is C74H47NO2. The summed E-state index contributed by atoms with van der Waals surface area (Å²) < 4.78 is 13.3. The average Bonchev–Trinajstić information content (AvgIpc) is 4.21. The third kappa shape index (κ3) is 6.14. The van der Waals surface area contributed by atoms with Crippen molar-refractivity contribution in [3.05, 3.63) is 330 Å². The molecule has 2 heterocycles. The number of fused-ring (bicyclic) bond motifs is 18. The summed E-state index contributed by atoms with van der Waals surface area (Å²) in [6.45, 7) is 0. The maximum atomic E-state index is 6.64. The van der Waals surface area contributed by atoms with Crippen LogP contribution in [0.3, 0.4) is 0 Å². The fourth-order valence-electron chi connectivity index (χ4n) is 13.8. The molecule has 0 bridgehead atoms. The molecule has 12 aromatic rings. The van der Waals surface area contributed by atoms with E-state index in [-0.39, 0.29) is 0 Å². The Morgan fingerprint density at radius 2 is 0.558 bits per heavy atom. The molecule has 0 saturated carbocycles. The van der Waals surface area contributed by atoms with Gasteiger partial charge in [-0.2, -0.15) is 0 Å². The van der Waals surface area contributed by atoms with Gasteiger partial charge in [-0.1, -0.05) is 224 Å². The standard InChI is InChI=1S/C74H47NO2/c1-2-19-48(20-3-1)51-21-16-22-54(47-51)75(52-43-39-49(40-44-52)55-25-17-33-65-71(55)57-23-4-6-27-59(57)73(65)61-29-8-12-35-67(61)76-68-36-13-9-30-62(68)73)53-45-41-50(42-46-53)56-26-18-34-66-72(56)58-24-5-7-28-60(58)74(66)63-31-10-14-37-69(63)77-70-38-15-11-32-64(70)74/h1-47H. The zero-order valence-electron chi connectivity index (χ0n) is 41.9. The first kappa shape index (κ1) is 43.4. The van der Waals surface area contributed by atoms with E-state index in [1.54, 1.807) is 0 Å². The van der Waals surface area contributed by atoms with E-state index in [0.29, 0.717) is 0 Å². The number of ether oxygens (including phenoxy) is 2. The largest absolute Gasteiger partial charge is 0.457 e. The molecule has 2 spiro atoms. The molecular weight excluding hydrogens is 935 g/mol. The number of benzene rings is 12. The molecule has 0 unspecified atom stereocenters. The SMILES string of the molecule is c1ccc(-c2cccc(N(c3ccc(-c4cccc5c4-c4ccccc4C54c5ccccc5Oc5ccccc54)cc3)c3ccc(-c4cccc5c4-c4ccccc4C54c5ccccc5Oc5ccccc54)cc3)c2)cc1. The number of rotatable bonds is 6. The average molecular weight is 982 g/mol. The fourth-order valence-corrected chi connectivity index (χ4v) is 13.8. The van der Waals surface area contributed by atoms with Crippen LogP contribution in [0.1, 0.15) is 44.5 Å². The van der Waals surface area contributed by atoms with Crippen LogP contribution in [0.2, 0.25) is 0 Å². The van der Waals surface area contributed by atoms with E-state index in [9.17, 15) is 0 Å². The second-order valence-corrected chi connectivity index (χ2v) is 20.6. The molecule has 4 aliphatic rings. The number of hydrogen-bond donors (Lipinski definition) is 0. The predicted molar refractivity (Wildman–Crippen MR) is 312 cm³/mol. The Kier molecular flexibility index (Phi) is 9.47. The lowest BCUT2D eigenvalue weighted by molar-refractivity contribution is 0.436. The highest BCUT2D eigenvalue weighted by atomic mass is 16.5. The van der Waals surface area contributed by atoms with E-state index in [0.717, 1.165) is 79.0 Å². The molecule has 16 rings (SSSR count). The molecule has 3 nitrogen and oxygen atoms in total. The molecule has 0 N–H and O–H groups in total. The van der Waals surface area contributed by atoms with Gasteiger partial charge in [0.15, 0.2) is 0 Å².